The number of hydrogen-bond donors (Lipinski definition) is 0. The first-order valence-electron chi connectivity index (χ1n) is 3.68. The zero-order chi connectivity index (χ0) is 10.9. The topological polar surface area (TPSA) is 62.0 Å². The number of alkyl halides is 3. The standard InChI is InChI=1S/C5H7F3N4O2/c1-2-10-4(5(6,7)8)11(3-9-10)12(13)14/h3-4H,2H2,1H3. The van der Waals surface area contributed by atoms with E-state index >= 15 is 0 Å². The summed E-state index contributed by atoms with van der Waals surface area (Å²) in [6, 6.07) is 0. The highest BCUT2D eigenvalue weighted by molar-refractivity contribution is 5.55. The van der Waals surface area contributed by atoms with E-state index < -0.39 is 17.4 Å². The molecule has 0 aliphatic carbocycles. The Balaban J connectivity index is 2.91. The lowest BCUT2D eigenvalue weighted by atomic mass is 10.4. The van der Waals surface area contributed by atoms with Gasteiger partial charge in [0, 0.05) is 6.54 Å². The molecule has 1 heterocycles. The minimum Gasteiger partial charge on any atom is -0.259 e. The highest BCUT2D eigenvalue weighted by atomic mass is 19.4. The Morgan fingerprint density at radius 3 is 2.57 bits per heavy atom. The molecule has 0 radical (unpaired) electrons. The van der Waals surface area contributed by atoms with Gasteiger partial charge in [0.25, 0.3) is 6.17 Å². The van der Waals surface area contributed by atoms with Gasteiger partial charge in [0.05, 0.1) is 0 Å². The second-order valence-electron chi connectivity index (χ2n) is 2.52. The van der Waals surface area contributed by atoms with Crippen molar-refractivity contribution in [3.8, 4) is 0 Å². The van der Waals surface area contributed by atoms with Gasteiger partial charge in [0.15, 0.2) is 11.4 Å². The number of hydrogen-bond acceptors (Lipinski definition) is 4. The fraction of sp³-hybridized carbons (Fsp3) is 0.800. The normalized spacial score (nSPS) is 21.9. The van der Waals surface area contributed by atoms with Crippen LogP contribution < -0.4 is 0 Å². The van der Waals surface area contributed by atoms with Gasteiger partial charge in [-0.1, -0.05) is 0 Å². The molecule has 0 amide bonds. The van der Waals surface area contributed by atoms with Gasteiger partial charge in [-0.25, -0.2) is 10.1 Å². The summed E-state index contributed by atoms with van der Waals surface area (Å²) in [6.45, 7) is 1.38. The van der Waals surface area contributed by atoms with E-state index in [1.54, 1.807) is 0 Å². The lowest BCUT2D eigenvalue weighted by Crippen LogP contribution is -2.52. The first-order valence-corrected chi connectivity index (χ1v) is 3.68. The maximum absolute atomic E-state index is 12.3. The van der Waals surface area contributed by atoms with Crippen LogP contribution in [0.5, 0.6) is 0 Å². The number of nitro groups is 1. The molecule has 1 rings (SSSR count). The average Bonchev–Trinajstić information content (AvgIpc) is 2.45. The van der Waals surface area contributed by atoms with Crippen molar-refractivity contribution >= 4 is 6.34 Å². The number of halogens is 3. The van der Waals surface area contributed by atoms with E-state index in [-0.39, 0.29) is 11.6 Å². The Bertz CT molecular complexity index is 266. The maximum atomic E-state index is 12.3. The third-order valence-electron chi connectivity index (χ3n) is 1.66. The SMILES string of the molecule is CCN1N=CN([N+](=O)[O-])C1C(F)(F)F. The lowest BCUT2D eigenvalue weighted by Gasteiger charge is -2.25. The molecule has 0 saturated carbocycles. The van der Waals surface area contributed by atoms with Crippen molar-refractivity contribution in [1.82, 2.24) is 10.0 Å². The van der Waals surface area contributed by atoms with Gasteiger partial charge < -0.3 is 0 Å². The first-order chi connectivity index (χ1) is 6.38. The quantitative estimate of drug-likeness (QED) is 0.498. The van der Waals surface area contributed by atoms with Gasteiger partial charge in [-0.3, -0.25) is 5.01 Å². The molecule has 1 aliphatic rings. The molecule has 0 aromatic heterocycles. The van der Waals surface area contributed by atoms with E-state index in [0.29, 0.717) is 11.3 Å². The summed E-state index contributed by atoms with van der Waals surface area (Å²) in [4.78, 5) is 10.2. The van der Waals surface area contributed by atoms with Crippen LogP contribution in [0.1, 0.15) is 6.92 Å². The highest BCUT2D eigenvalue weighted by Crippen LogP contribution is 2.29. The summed E-state index contributed by atoms with van der Waals surface area (Å²) in [6.07, 6.45) is -6.45. The third-order valence-corrected chi connectivity index (χ3v) is 1.66. The van der Waals surface area contributed by atoms with Crippen molar-refractivity contribution in [2.75, 3.05) is 6.54 Å². The van der Waals surface area contributed by atoms with Gasteiger partial charge in [0.2, 0.25) is 0 Å². The summed E-state index contributed by atoms with van der Waals surface area (Å²) in [5.74, 6) is 0. The maximum Gasteiger partial charge on any atom is 0.435 e. The molecule has 0 aromatic rings. The minimum absolute atomic E-state index is 0.0506. The molecule has 1 aliphatic heterocycles. The average molecular weight is 212 g/mol. The molecule has 1 atom stereocenters. The van der Waals surface area contributed by atoms with Crippen molar-refractivity contribution < 1.29 is 18.2 Å². The molecule has 0 bridgehead atoms. The summed E-state index contributed by atoms with van der Waals surface area (Å²) in [5, 5.41) is 12.9. The Morgan fingerprint density at radius 2 is 2.21 bits per heavy atom. The zero-order valence-corrected chi connectivity index (χ0v) is 7.10. The van der Waals surface area contributed by atoms with Crippen LogP contribution in [0.3, 0.4) is 0 Å². The van der Waals surface area contributed by atoms with Gasteiger partial charge in [0.1, 0.15) is 0 Å². The first kappa shape index (κ1) is 10.5. The second kappa shape index (κ2) is 3.31. The van der Waals surface area contributed by atoms with Crippen molar-refractivity contribution in [2.45, 2.75) is 19.3 Å². The molecule has 0 saturated heterocycles. The van der Waals surface area contributed by atoms with Crippen LogP contribution in [0, 0.1) is 10.1 Å². The minimum atomic E-state index is -4.71. The van der Waals surface area contributed by atoms with Crippen LogP contribution in [0.2, 0.25) is 0 Å². The fourth-order valence-electron chi connectivity index (χ4n) is 1.09. The Kier molecular flexibility index (Phi) is 2.49. The molecule has 0 aromatic carbocycles. The molecular weight excluding hydrogens is 205 g/mol. The highest BCUT2D eigenvalue weighted by Gasteiger charge is 2.54. The summed E-state index contributed by atoms with van der Waals surface area (Å²) >= 11 is 0. The molecule has 0 fully saturated rings. The Labute approximate surface area is 76.7 Å². The summed E-state index contributed by atoms with van der Waals surface area (Å²) in [7, 11) is 0. The van der Waals surface area contributed by atoms with Crippen LogP contribution in [-0.4, -0.2) is 40.3 Å². The van der Waals surface area contributed by atoms with Crippen molar-refractivity contribution in [3.05, 3.63) is 10.1 Å². The Hall–Kier alpha value is -1.54. The van der Waals surface area contributed by atoms with E-state index in [2.05, 4.69) is 5.10 Å². The Morgan fingerprint density at radius 1 is 1.64 bits per heavy atom. The molecule has 9 heteroatoms. The fourth-order valence-corrected chi connectivity index (χ4v) is 1.09. The van der Waals surface area contributed by atoms with Crippen molar-refractivity contribution in [1.29, 1.82) is 0 Å². The van der Waals surface area contributed by atoms with Crippen molar-refractivity contribution in [3.63, 3.8) is 0 Å². The summed E-state index contributed by atoms with van der Waals surface area (Å²) < 4.78 is 37.0. The van der Waals surface area contributed by atoms with Crippen LogP contribution in [0.4, 0.5) is 13.2 Å². The molecule has 14 heavy (non-hydrogen) atoms. The van der Waals surface area contributed by atoms with E-state index in [9.17, 15) is 23.3 Å². The monoisotopic (exact) mass is 212 g/mol. The molecule has 0 N–H and O–H groups in total. The molecular formula is C5H7F3N4O2. The zero-order valence-electron chi connectivity index (χ0n) is 7.10. The molecule has 1 unspecified atom stereocenters. The van der Waals surface area contributed by atoms with Gasteiger partial charge in [-0.05, 0) is 11.9 Å². The molecule has 80 valence electrons. The van der Waals surface area contributed by atoms with E-state index in [0.717, 1.165) is 0 Å². The lowest BCUT2D eigenvalue weighted by molar-refractivity contribution is -0.646. The van der Waals surface area contributed by atoms with Crippen molar-refractivity contribution in [2.24, 2.45) is 5.10 Å². The predicted molar refractivity (Wildman–Crippen MR) is 39.5 cm³/mol. The molecule has 0 spiro atoms. The van der Waals surface area contributed by atoms with E-state index in [4.69, 9.17) is 0 Å². The predicted octanol–water partition coefficient (Wildman–Crippen LogP) is 0.647. The van der Waals surface area contributed by atoms with Crippen LogP contribution in [0.25, 0.3) is 0 Å². The largest absolute Gasteiger partial charge is 0.435 e. The smallest absolute Gasteiger partial charge is 0.259 e. The van der Waals surface area contributed by atoms with Gasteiger partial charge in [-0.2, -0.15) is 18.3 Å². The third kappa shape index (κ3) is 1.70. The number of hydrazine groups is 1. The number of rotatable bonds is 2. The van der Waals surface area contributed by atoms with Crippen LogP contribution >= 0.6 is 0 Å². The van der Waals surface area contributed by atoms with Crippen LogP contribution in [-0.2, 0) is 0 Å². The summed E-state index contributed by atoms with van der Waals surface area (Å²) in [5.41, 5.74) is 0. The van der Waals surface area contributed by atoms with Gasteiger partial charge >= 0.3 is 6.18 Å². The molecule has 6 nitrogen and oxygen atoms in total. The van der Waals surface area contributed by atoms with Crippen LogP contribution in [0.15, 0.2) is 5.10 Å². The van der Waals surface area contributed by atoms with E-state index in [1.807, 2.05) is 0 Å². The number of hydrazone groups is 1. The second-order valence-corrected chi connectivity index (χ2v) is 2.52. The number of nitrogens with zero attached hydrogens (tertiary/aromatic N) is 4. The van der Waals surface area contributed by atoms with E-state index in [1.165, 1.54) is 6.92 Å². The van der Waals surface area contributed by atoms with Gasteiger partial charge in [-0.15, -0.1) is 0 Å².